The minimum atomic E-state index is -0.535. The van der Waals surface area contributed by atoms with Gasteiger partial charge >= 0.3 is 0 Å². The second-order valence-electron chi connectivity index (χ2n) is 5.49. The third-order valence-electron chi connectivity index (χ3n) is 4.24. The molecule has 1 heterocycles. The van der Waals surface area contributed by atoms with E-state index in [4.69, 9.17) is 11.6 Å². The van der Waals surface area contributed by atoms with Gasteiger partial charge in [0.1, 0.15) is 11.2 Å². The maximum atomic E-state index is 9.69. The molecule has 2 atom stereocenters. The molecule has 0 spiro atoms. The Bertz CT molecular complexity index is 827. The minimum Gasteiger partial charge on any atom is -0.341 e. The van der Waals surface area contributed by atoms with Crippen molar-refractivity contribution in [3.8, 4) is 6.07 Å². The zero-order valence-corrected chi connectivity index (χ0v) is 11.9. The molecule has 21 heavy (non-hydrogen) atoms. The molecule has 1 N–H and O–H groups in total. The van der Waals surface area contributed by atoms with Gasteiger partial charge in [0.05, 0.1) is 17.1 Å². The van der Waals surface area contributed by atoms with Gasteiger partial charge < -0.3 is 4.98 Å². The molecule has 0 aliphatic heterocycles. The molecule has 4 heteroatoms. The lowest BCUT2D eigenvalue weighted by Gasteiger charge is -2.05. The van der Waals surface area contributed by atoms with Crippen molar-refractivity contribution < 1.29 is 0 Å². The lowest BCUT2D eigenvalue weighted by Crippen LogP contribution is -2.08. The van der Waals surface area contributed by atoms with Crippen LogP contribution in [-0.4, -0.2) is 9.97 Å². The number of imidazole rings is 1. The summed E-state index contributed by atoms with van der Waals surface area (Å²) in [4.78, 5) is 7.91. The molecule has 1 aromatic heterocycles. The number of hydrogen-bond acceptors (Lipinski definition) is 2. The highest BCUT2D eigenvalue weighted by molar-refractivity contribution is 6.30. The van der Waals surface area contributed by atoms with E-state index in [1.54, 1.807) is 0 Å². The Morgan fingerprint density at radius 2 is 1.95 bits per heavy atom. The quantitative estimate of drug-likeness (QED) is 0.771. The third kappa shape index (κ3) is 1.84. The second kappa shape index (κ2) is 4.34. The summed E-state index contributed by atoms with van der Waals surface area (Å²) >= 11 is 5.93. The van der Waals surface area contributed by atoms with Gasteiger partial charge in [0.25, 0.3) is 0 Å². The number of halogens is 1. The number of benzene rings is 2. The van der Waals surface area contributed by atoms with E-state index in [1.165, 1.54) is 0 Å². The van der Waals surface area contributed by atoms with Crippen LogP contribution in [0.1, 0.15) is 23.7 Å². The first-order valence-electron chi connectivity index (χ1n) is 6.85. The fraction of sp³-hybridized carbons (Fsp3) is 0.176. The molecule has 1 aliphatic rings. The Kier molecular flexibility index (Phi) is 2.57. The van der Waals surface area contributed by atoms with Crippen molar-refractivity contribution in [1.82, 2.24) is 9.97 Å². The SMILES string of the molecule is N#C[C@@]1(c2nc3ccccc3[nH]2)C[C@@H]1c1ccc(Cl)cc1. The molecule has 3 aromatic rings. The maximum absolute atomic E-state index is 9.69. The van der Waals surface area contributed by atoms with Crippen LogP contribution in [0.5, 0.6) is 0 Å². The van der Waals surface area contributed by atoms with Crippen LogP contribution in [-0.2, 0) is 5.41 Å². The highest BCUT2D eigenvalue weighted by Crippen LogP contribution is 2.59. The number of aromatic amines is 1. The van der Waals surface area contributed by atoms with E-state index < -0.39 is 5.41 Å². The van der Waals surface area contributed by atoms with Gasteiger partial charge in [-0.1, -0.05) is 35.9 Å². The first-order chi connectivity index (χ1) is 10.2. The van der Waals surface area contributed by atoms with Crippen LogP contribution in [0.2, 0.25) is 5.02 Å². The monoisotopic (exact) mass is 293 g/mol. The topological polar surface area (TPSA) is 52.5 Å². The summed E-state index contributed by atoms with van der Waals surface area (Å²) in [6.45, 7) is 0. The predicted octanol–water partition coefficient (Wildman–Crippen LogP) is 4.17. The maximum Gasteiger partial charge on any atom is 0.128 e. The van der Waals surface area contributed by atoms with Crippen LogP contribution >= 0.6 is 11.6 Å². The molecule has 3 nitrogen and oxygen atoms in total. The smallest absolute Gasteiger partial charge is 0.128 e. The van der Waals surface area contributed by atoms with Crippen LogP contribution in [0, 0.1) is 11.3 Å². The number of nitrogens with one attached hydrogen (secondary N) is 1. The lowest BCUT2D eigenvalue weighted by atomic mass is 10.00. The number of H-pyrrole nitrogens is 1. The molecular weight excluding hydrogens is 282 g/mol. The second-order valence-corrected chi connectivity index (χ2v) is 5.93. The van der Waals surface area contributed by atoms with Gasteiger partial charge in [0.15, 0.2) is 0 Å². The number of para-hydroxylation sites is 2. The molecule has 0 bridgehead atoms. The number of nitriles is 1. The first-order valence-corrected chi connectivity index (χ1v) is 7.23. The molecule has 2 aromatic carbocycles. The van der Waals surface area contributed by atoms with E-state index in [0.29, 0.717) is 5.02 Å². The molecular formula is C17H12ClN3. The van der Waals surface area contributed by atoms with E-state index in [9.17, 15) is 5.26 Å². The first kappa shape index (κ1) is 12.4. The Labute approximate surface area is 127 Å². The normalized spacial score (nSPS) is 23.9. The summed E-state index contributed by atoms with van der Waals surface area (Å²) in [5.41, 5.74) is 2.49. The zero-order valence-electron chi connectivity index (χ0n) is 11.2. The number of hydrogen-bond donors (Lipinski definition) is 1. The third-order valence-corrected chi connectivity index (χ3v) is 4.50. The molecule has 0 saturated heterocycles. The summed E-state index contributed by atoms with van der Waals surface area (Å²) in [7, 11) is 0. The zero-order chi connectivity index (χ0) is 14.4. The largest absolute Gasteiger partial charge is 0.341 e. The highest BCUT2D eigenvalue weighted by Gasteiger charge is 2.59. The molecule has 0 amide bonds. The van der Waals surface area contributed by atoms with Crippen molar-refractivity contribution in [2.45, 2.75) is 17.8 Å². The van der Waals surface area contributed by atoms with Gasteiger partial charge in [0.2, 0.25) is 0 Å². The number of aromatic nitrogens is 2. The summed E-state index contributed by atoms with van der Waals surface area (Å²) in [5.74, 6) is 0.950. The van der Waals surface area contributed by atoms with Crippen LogP contribution in [0.4, 0.5) is 0 Å². The number of rotatable bonds is 2. The molecule has 1 saturated carbocycles. The highest BCUT2D eigenvalue weighted by atomic mass is 35.5. The Morgan fingerprint density at radius 1 is 1.19 bits per heavy atom. The molecule has 1 fully saturated rings. The molecule has 102 valence electrons. The van der Waals surface area contributed by atoms with Crippen LogP contribution in [0.15, 0.2) is 48.5 Å². The molecule has 4 rings (SSSR count). The number of fused-ring (bicyclic) bond motifs is 1. The Balaban J connectivity index is 1.76. The van der Waals surface area contributed by atoms with Crippen molar-refractivity contribution in [1.29, 1.82) is 5.26 Å². The van der Waals surface area contributed by atoms with Crippen LogP contribution < -0.4 is 0 Å². The van der Waals surface area contributed by atoms with E-state index in [0.717, 1.165) is 28.8 Å². The van der Waals surface area contributed by atoms with Gasteiger partial charge in [-0.3, -0.25) is 0 Å². The van der Waals surface area contributed by atoms with Crippen molar-refractivity contribution in [2.24, 2.45) is 0 Å². The molecule has 0 unspecified atom stereocenters. The van der Waals surface area contributed by atoms with E-state index in [-0.39, 0.29) is 5.92 Å². The van der Waals surface area contributed by atoms with E-state index in [1.807, 2.05) is 48.5 Å². The number of nitrogens with zero attached hydrogens (tertiary/aromatic N) is 2. The van der Waals surface area contributed by atoms with Gasteiger partial charge in [-0.2, -0.15) is 5.26 Å². The Morgan fingerprint density at radius 3 is 2.67 bits per heavy atom. The minimum absolute atomic E-state index is 0.181. The summed E-state index contributed by atoms with van der Waals surface area (Å²) in [5, 5.41) is 10.4. The predicted molar refractivity (Wildman–Crippen MR) is 82.2 cm³/mol. The van der Waals surface area contributed by atoms with E-state index >= 15 is 0 Å². The van der Waals surface area contributed by atoms with Crippen molar-refractivity contribution >= 4 is 22.6 Å². The fourth-order valence-corrected chi connectivity index (χ4v) is 3.09. The van der Waals surface area contributed by atoms with Gasteiger partial charge in [-0.25, -0.2) is 4.98 Å². The fourth-order valence-electron chi connectivity index (χ4n) is 2.96. The molecule has 0 radical (unpaired) electrons. The van der Waals surface area contributed by atoms with E-state index in [2.05, 4.69) is 16.0 Å². The van der Waals surface area contributed by atoms with Crippen LogP contribution in [0.3, 0.4) is 0 Å². The average Bonchev–Trinajstić information content (AvgIpc) is 3.10. The average molecular weight is 294 g/mol. The van der Waals surface area contributed by atoms with Gasteiger partial charge in [0, 0.05) is 10.9 Å². The van der Waals surface area contributed by atoms with Crippen molar-refractivity contribution in [3.05, 3.63) is 64.9 Å². The summed E-state index contributed by atoms with van der Waals surface area (Å²) < 4.78 is 0. The van der Waals surface area contributed by atoms with Gasteiger partial charge in [-0.05, 0) is 36.2 Å². The standard InChI is InChI=1S/C17H12ClN3/c18-12-7-5-11(6-8-12)13-9-17(13,10-19)16-20-14-3-1-2-4-15(14)21-16/h1-8,13H,9H2,(H,20,21)/t13-,17+/m1/s1. The van der Waals surface area contributed by atoms with Crippen LogP contribution in [0.25, 0.3) is 11.0 Å². The van der Waals surface area contributed by atoms with Gasteiger partial charge in [-0.15, -0.1) is 0 Å². The van der Waals surface area contributed by atoms with Crippen molar-refractivity contribution in [2.75, 3.05) is 0 Å². The summed E-state index contributed by atoms with van der Waals surface area (Å²) in [6.07, 6.45) is 0.797. The summed E-state index contributed by atoms with van der Waals surface area (Å²) in [6, 6.07) is 18.1. The van der Waals surface area contributed by atoms with Crippen molar-refractivity contribution in [3.63, 3.8) is 0 Å². The molecule has 1 aliphatic carbocycles. The Hall–Kier alpha value is -2.31. The lowest BCUT2D eigenvalue weighted by molar-refractivity contribution is 0.790.